The zero-order chi connectivity index (χ0) is 32.6. The van der Waals surface area contributed by atoms with Crippen molar-refractivity contribution in [3.8, 4) is 0 Å². The van der Waals surface area contributed by atoms with Gasteiger partial charge in [0.15, 0.2) is 5.65 Å². The van der Waals surface area contributed by atoms with E-state index in [4.69, 9.17) is 9.72 Å². The molecule has 46 heavy (non-hydrogen) atoms. The van der Waals surface area contributed by atoms with Gasteiger partial charge >= 0.3 is 0 Å². The van der Waals surface area contributed by atoms with E-state index in [1.165, 1.54) is 0 Å². The van der Waals surface area contributed by atoms with Crippen molar-refractivity contribution in [3.63, 3.8) is 0 Å². The van der Waals surface area contributed by atoms with Crippen LogP contribution in [0.3, 0.4) is 0 Å². The standard InChI is InChI=1S/C32H41F4N7O3/c1-19(2)43-25(5-10-37-43)30(45)41-29(21-3-8-31(33,34)9-4-21)24-18-42-26(39-24)14-23(17-38-42)28(22-6-11-46-12-7-22)40-27(44)13-20-15-32(35,36)16-20/h5,10,14,17-22,28-29H,3-4,6-9,11-13,15-16H2,1-2H3,(H,40,44)(H,41,45)/t28?,29-/m0/s1. The number of nitrogens with zero attached hydrogens (tertiary/aromatic N) is 5. The van der Waals surface area contributed by atoms with Crippen LogP contribution in [0.1, 0.15) is 112 Å². The maximum Gasteiger partial charge on any atom is 0.270 e. The molecule has 6 rings (SSSR count). The summed E-state index contributed by atoms with van der Waals surface area (Å²) in [5.41, 5.74) is 2.07. The number of carbonyl (C=O) groups is 2. The SMILES string of the molecule is CC(C)n1nccc1C(=O)N[C@H](c1cn2ncc(C(NC(=O)CC3CC(F)(F)C3)C3CCOCC3)cc2n1)C1CCC(F)(F)CC1. The van der Waals surface area contributed by atoms with Crippen LogP contribution in [0.5, 0.6) is 0 Å². The molecule has 2 N–H and O–H groups in total. The van der Waals surface area contributed by atoms with Crippen molar-refractivity contribution in [1.82, 2.24) is 35.0 Å². The van der Waals surface area contributed by atoms with Crippen molar-refractivity contribution in [2.75, 3.05) is 13.2 Å². The van der Waals surface area contributed by atoms with Crippen molar-refractivity contribution in [3.05, 3.63) is 47.7 Å². The topological polar surface area (TPSA) is 115 Å². The third-order valence-corrected chi connectivity index (χ3v) is 9.65. The number of alkyl halides is 4. The number of hydrogen-bond donors (Lipinski definition) is 2. The molecule has 4 heterocycles. The Balaban J connectivity index is 1.27. The Labute approximate surface area is 264 Å². The Kier molecular flexibility index (Phi) is 9.10. The molecule has 3 aliphatic rings. The summed E-state index contributed by atoms with van der Waals surface area (Å²) in [5, 5.41) is 15.0. The van der Waals surface area contributed by atoms with Gasteiger partial charge in [0.2, 0.25) is 17.8 Å². The molecule has 3 aromatic heterocycles. The number of imidazole rings is 1. The van der Waals surface area contributed by atoms with Gasteiger partial charge in [0, 0.05) is 57.6 Å². The number of fused-ring (bicyclic) bond motifs is 1. The van der Waals surface area contributed by atoms with Crippen LogP contribution in [-0.2, 0) is 9.53 Å². The van der Waals surface area contributed by atoms with E-state index >= 15 is 0 Å². The first-order chi connectivity index (χ1) is 21.9. The van der Waals surface area contributed by atoms with E-state index in [0.29, 0.717) is 43.1 Å². The molecule has 0 spiro atoms. The van der Waals surface area contributed by atoms with Gasteiger partial charge in [-0.05, 0) is 75.0 Å². The molecule has 0 radical (unpaired) electrons. The fourth-order valence-corrected chi connectivity index (χ4v) is 7.13. The molecule has 1 unspecified atom stereocenters. The molecular weight excluding hydrogens is 606 g/mol. The summed E-state index contributed by atoms with van der Waals surface area (Å²) in [6.45, 7) is 4.93. The van der Waals surface area contributed by atoms with E-state index in [1.54, 1.807) is 33.9 Å². The predicted octanol–water partition coefficient (Wildman–Crippen LogP) is 5.82. The second-order valence-corrected chi connectivity index (χ2v) is 13.5. The number of amides is 2. The zero-order valence-electron chi connectivity index (χ0n) is 26.1. The second kappa shape index (κ2) is 12.9. The van der Waals surface area contributed by atoms with Crippen LogP contribution in [0.4, 0.5) is 17.6 Å². The number of carbonyl (C=O) groups excluding carboxylic acids is 2. The zero-order valence-corrected chi connectivity index (χ0v) is 26.1. The van der Waals surface area contributed by atoms with Crippen LogP contribution in [0.15, 0.2) is 30.7 Å². The van der Waals surface area contributed by atoms with E-state index in [2.05, 4.69) is 20.8 Å². The monoisotopic (exact) mass is 647 g/mol. The summed E-state index contributed by atoms with van der Waals surface area (Å²) in [7, 11) is 0. The minimum absolute atomic E-state index is 0.0377. The average molecular weight is 648 g/mol. The fraction of sp³-hybridized carbons (Fsp3) is 0.656. The van der Waals surface area contributed by atoms with Gasteiger partial charge in [-0.1, -0.05) is 0 Å². The van der Waals surface area contributed by atoms with Crippen LogP contribution in [0.25, 0.3) is 5.65 Å². The molecule has 2 saturated carbocycles. The molecule has 3 fully saturated rings. The Bertz CT molecular complexity index is 1530. The minimum atomic E-state index is -2.74. The van der Waals surface area contributed by atoms with Gasteiger partial charge in [0.05, 0.1) is 30.2 Å². The second-order valence-electron chi connectivity index (χ2n) is 13.5. The van der Waals surface area contributed by atoms with Gasteiger partial charge in [0.25, 0.3) is 5.91 Å². The molecule has 0 aromatic carbocycles. The van der Waals surface area contributed by atoms with Gasteiger partial charge in [-0.15, -0.1) is 0 Å². The van der Waals surface area contributed by atoms with Gasteiger partial charge < -0.3 is 15.4 Å². The normalized spacial score (nSPS) is 22.0. The first-order valence-electron chi connectivity index (χ1n) is 16.2. The number of ether oxygens (including phenoxy) is 1. The number of nitrogens with one attached hydrogen (secondary N) is 2. The minimum Gasteiger partial charge on any atom is -0.381 e. The lowest BCUT2D eigenvalue weighted by molar-refractivity contribution is -0.134. The van der Waals surface area contributed by atoms with Crippen LogP contribution in [0, 0.1) is 17.8 Å². The summed E-state index contributed by atoms with van der Waals surface area (Å²) in [4.78, 5) is 31.3. The van der Waals surface area contributed by atoms with E-state index in [0.717, 1.165) is 5.56 Å². The van der Waals surface area contributed by atoms with Gasteiger partial charge in [-0.25, -0.2) is 27.1 Å². The highest BCUT2D eigenvalue weighted by Crippen LogP contribution is 2.44. The highest BCUT2D eigenvalue weighted by molar-refractivity contribution is 5.92. The summed E-state index contributed by atoms with van der Waals surface area (Å²) in [6, 6.07) is 2.34. The smallest absolute Gasteiger partial charge is 0.270 e. The van der Waals surface area contributed by atoms with Gasteiger partial charge in [0.1, 0.15) is 5.69 Å². The molecule has 2 amide bonds. The fourth-order valence-electron chi connectivity index (χ4n) is 7.13. The van der Waals surface area contributed by atoms with Crippen molar-refractivity contribution in [1.29, 1.82) is 0 Å². The van der Waals surface area contributed by atoms with Crippen LogP contribution in [-0.4, -0.2) is 61.3 Å². The van der Waals surface area contributed by atoms with E-state index in [1.807, 2.05) is 19.9 Å². The van der Waals surface area contributed by atoms with E-state index < -0.39 is 23.9 Å². The molecule has 2 aliphatic carbocycles. The molecular formula is C32H41F4N7O3. The summed E-state index contributed by atoms with van der Waals surface area (Å²) in [6.07, 6.45) is 5.73. The summed E-state index contributed by atoms with van der Waals surface area (Å²) < 4.78 is 63.8. The van der Waals surface area contributed by atoms with Crippen LogP contribution >= 0.6 is 0 Å². The number of halogens is 4. The summed E-state index contributed by atoms with van der Waals surface area (Å²) >= 11 is 0. The maximum absolute atomic E-state index is 14.1. The number of hydrogen-bond acceptors (Lipinski definition) is 6. The first kappa shape index (κ1) is 32.4. The van der Waals surface area contributed by atoms with E-state index in [9.17, 15) is 27.2 Å². The van der Waals surface area contributed by atoms with Crippen molar-refractivity contribution in [2.24, 2.45) is 17.8 Å². The lowest BCUT2D eigenvalue weighted by Gasteiger charge is -2.35. The van der Waals surface area contributed by atoms with E-state index in [-0.39, 0.29) is 80.6 Å². The van der Waals surface area contributed by atoms with Crippen LogP contribution < -0.4 is 10.6 Å². The largest absolute Gasteiger partial charge is 0.381 e. The van der Waals surface area contributed by atoms with Gasteiger partial charge in [-0.2, -0.15) is 10.2 Å². The molecule has 1 saturated heterocycles. The Hall–Kier alpha value is -3.55. The number of aromatic nitrogens is 5. The van der Waals surface area contributed by atoms with Crippen LogP contribution in [0.2, 0.25) is 0 Å². The predicted molar refractivity (Wildman–Crippen MR) is 159 cm³/mol. The Morgan fingerprint density at radius 2 is 1.67 bits per heavy atom. The number of rotatable bonds is 10. The van der Waals surface area contributed by atoms with Crippen molar-refractivity contribution >= 4 is 17.5 Å². The Morgan fingerprint density at radius 3 is 2.35 bits per heavy atom. The lowest BCUT2D eigenvalue weighted by atomic mass is 9.79. The average Bonchev–Trinajstić information content (AvgIpc) is 3.66. The molecule has 2 atom stereocenters. The van der Waals surface area contributed by atoms with Crippen molar-refractivity contribution in [2.45, 2.75) is 102 Å². The third-order valence-electron chi connectivity index (χ3n) is 9.65. The maximum atomic E-state index is 14.1. The quantitative estimate of drug-likeness (QED) is 0.268. The first-order valence-corrected chi connectivity index (χ1v) is 16.2. The highest BCUT2D eigenvalue weighted by Gasteiger charge is 2.46. The molecule has 1 aliphatic heterocycles. The van der Waals surface area contributed by atoms with Gasteiger partial charge in [-0.3, -0.25) is 14.3 Å². The molecule has 3 aromatic rings. The lowest BCUT2D eigenvalue weighted by Crippen LogP contribution is -2.41. The molecule has 14 heteroatoms. The third kappa shape index (κ3) is 7.21. The molecule has 10 nitrogen and oxygen atoms in total. The van der Waals surface area contributed by atoms with Crippen molar-refractivity contribution < 1.29 is 31.9 Å². The Morgan fingerprint density at radius 1 is 0.978 bits per heavy atom. The summed E-state index contributed by atoms with van der Waals surface area (Å²) in [5.74, 6) is -6.63. The molecule has 250 valence electrons. The highest BCUT2D eigenvalue weighted by atomic mass is 19.3. The molecule has 0 bridgehead atoms.